The Bertz CT molecular complexity index is 717. The van der Waals surface area contributed by atoms with E-state index in [1.165, 1.54) is 6.92 Å². The van der Waals surface area contributed by atoms with Crippen LogP contribution in [0, 0.1) is 13.8 Å². The second kappa shape index (κ2) is 7.09. The first-order valence-corrected chi connectivity index (χ1v) is 7.44. The lowest BCUT2D eigenvalue weighted by molar-refractivity contribution is -0.134. The van der Waals surface area contributed by atoms with E-state index in [0.717, 1.165) is 17.0 Å². The third-order valence-electron chi connectivity index (χ3n) is 3.64. The van der Waals surface area contributed by atoms with Crippen LogP contribution in [0.15, 0.2) is 24.3 Å². The number of aryl methyl sites for hydroxylation is 2. The molecule has 6 nitrogen and oxygen atoms in total. The summed E-state index contributed by atoms with van der Waals surface area (Å²) in [6, 6.07) is 6.70. The summed E-state index contributed by atoms with van der Waals surface area (Å²) < 4.78 is 7.12. The molecule has 0 aliphatic heterocycles. The van der Waals surface area contributed by atoms with Crippen molar-refractivity contribution in [2.24, 2.45) is 7.05 Å². The maximum Gasteiger partial charge on any atom is 0.311 e. The smallest absolute Gasteiger partial charge is 0.311 e. The van der Waals surface area contributed by atoms with Gasteiger partial charge in [-0.2, -0.15) is 5.10 Å². The van der Waals surface area contributed by atoms with Gasteiger partial charge in [-0.25, -0.2) is 0 Å². The van der Waals surface area contributed by atoms with Crippen molar-refractivity contribution in [1.29, 1.82) is 0 Å². The molecule has 0 bridgehead atoms. The number of hydrogen-bond donors (Lipinski definition) is 1. The Labute approximate surface area is 135 Å². The highest BCUT2D eigenvalue weighted by Crippen LogP contribution is 2.18. The van der Waals surface area contributed by atoms with E-state index < -0.39 is 0 Å². The molecule has 0 saturated carbocycles. The van der Waals surface area contributed by atoms with E-state index in [2.05, 4.69) is 10.4 Å². The molecule has 1 amide bonds. The van der Waals surface area contributed by atoms with Crippen LogP contribution in [0.3, 0.4) is 0 Å². The number of anilines is 1. The summed E-state index contributed by atoms with van der Waals surface area (Å²) in [5.74, 6) is 0.0283. The molecule has 0 aliphatic carbocycles. The van der Waals surface area contributed by atoms with E-state index in [0.29, 0.717) is 24.3 Å². The molecule has 2 rings (SSSR count). The van der Waals surface area contributed by atoms with Crippen LogP contribution < -0.4 is 10.1 Å². The van der Waals surface area contributed by atoms with E-state index in [1.807, 2.05) is 25.6 Å². The van der Waals surface area contributed by atoms with Gasteiger partial charge in [0.05, 0.1) is 12.1 Å². The van der Waals surface area contributed by atoms with E-state index >= 15 is 0 Å². The van der Waals surface area contributed by atoms with E-state index in [4.69, 9.17) is 4.74 Å². The van der Waals surface area contributed by atoms with Gasteiger partial charge in [0, 0.05) is 25.4 Å². The fraction of sp³-hybridized carbons (Fsp3) is 0.353. The molecule has 1 heterocycles. The number of carbonyl (C=O) groups is 2. The van der Waals surface area contributed by atoms with Gasteiger partial charge in [-0.1, -0.05) is 0 Å². The Morgan fingerprint density at radius 1 is 1.22 bits per heavy atom. The highest BCUT2D eigenvalue weighted by atomic mass is 16.5. The first-order chi connectivity index (χ1) is 10.9. The number of benzene rings is 1. The minimum absolute atomic E-state index is 0.142. The summed E-state index contributed by atoms with van der Waals surface area (Å²) in [7, 11) is 1.89. The standard InChI is InChI=1S/C17H21N3O3/c1-11-16(12(2)20(4)19-11)9-10-17(22)23-15-7-5-14(6-8-15)18-13(3)21/h5-8H,9-10H2,1-4H3,(H,18,21). The molecule has 122 valence electrons. The number of ether oxygens (including phenoxy) is 1. The van der Waals surface area contributed by atoms with Crippen LogP contribution in [0.1, 0.15) is 30.3 Å². The van der Waals surface area contributed by atoms with Crippen LogP contribution >= 0.6 is 0 Å². The van der Waals surface area contributed by atoms with Crippen molar-refractivity contribution in [3.8, 4) is 5.75 Å². The van der Waals surface area contributed by atoms with Gasteiger partial charge >= 0.3 is 5.97 Å². The van der Waals surface area contributed by atoms with Crippen LogP contribution in [0.2, 0.25) is 0 Å². The van der Waals surface area contributed by atoms with Crippen molar-refractivity contribution in [1.82, 2.24) is 9.78 Å². The first-order valence-electron chi connectivity index (χ1n) is 7.44. The van der Waals surface area contributed by atoms with Crippen molar-refractivity contribution in [2.75, 3.05) is 5.32 Å². The van der Waals surface area contributed by atoms with Crippen LogP contribution in [-0.4, -0.2) is 21.7 Å². The molecule has 0 spiro atoms. The summed E-state index contributed by atoms with van der Waals surface area (Å²) >= 11 is 0. The Kier molecular flexibility index (Phi) is 5.16. The van der Waals surface area contributed by atoms with Gasteiger partial charge in [-0.15, -0.1) is 0 Å². The van der Waals surface area contributed by atoms with E-state index in [9.17, 15) is 9.59 Å². The van der Waals surface area contributed by atoms with Crippen molar-refractivity contribution in [3.05, 3.63) is 41.2 Å². The predicted molar refractivity (Wildman–Crippen MR) is 87.4 cm³/mol. The highest BCUT2D eigenvalue weighted by molar-refractivity contribution is 5.88. The SMILES string of the molecule is CC(=O)Nc1ccc(OC(=O)CCc2c(C)nn(C)c2C)cc1. The molecule has 2 aromatic rings. The maximum absolute atomic E-state index is 12.0. The zero-order valence-electron chi connectivity index (χ0n) is 13.8. The average Bonchev–Trinajstić information content (AvgIpc) is 2.72. The van der Waals surface area contributed by atoms with Gasteiger partial charge in [-0.05, 0) is 50.1 Å². The molecule has 1 aromatic heterocycles. The molecule has 0 atom stereocenters. The molecule has 0 aliphatic rings. The van der Waals surface area contributed by atoms with Gasteiger partial charge in [0.1, 0.15) is 5.75 Å². The van der Waals surface area contributed by atoms with Gasteiger partial charge in [-0.3, -0.25) is 14.3 Å². The van der Waals surface area contributed by atoms with Crippen LogP contribution in [0.5, 0.6) is 5.75 Å². The van der Waals surface area contributed by atoms with Crippen molar-refractivity contribution >= 4 is 17.6 Å². The number of carbonyl (C=O) groups excluding carboxylic acids is 2. The number of nitrogens with zero attached hydrogens (tertiary/aromatic N) is 2. The van der Waals surface area contributed by atoms with Gasteiger partial charge < -0.3 is 10.1 Å². The third-order valence-corrected chi connectivity index (χ3v) is 3.64. The Morgan fingerprint density at radius 3 is 2.39 bits per heavy atom. The zero-order chi connectivity index (χ0) is 17.0. The number of esters is 1. The van der Waals surface area contributed by atoms with Gasteiger partial charge in [0.15, 0.2) is 0 Å². The lowest BCUT2D eigenvalue weighted by atomic mass is 10.1. The third kappa shape index (κ3) is 4.42. The molecule has 0 radical (unpaired) electrons. The summed E-state index contributed by atoms with van der Waals surface area (Å²) in [5, 5.41) is 6.99. The van der Waals surface area contributed by atoms with Crippen molar-refractivity contribution in [2.45, 2.75) is 33.6 Å². The summed E-state index contributed by atoms with van der Waals surface area (Å²) in [5.41, 5.74) is 3.76. The molecule has 1 aromatic carbocycles. The fourth-order valence-electron chi connectivity index (χ4n) is 2.40. The predicted octanol–water partition coefficient (Wildman–Crippen LogP) is 2.53. The second-order valence-corrected chi connectivity index (χ2v) is 5.45. The number of rotatable bonds is 5. The lowest BCUT2D eigenvalue weighted by Gasteiger charge is -2.06. The lowest BCUT2D eigenvalue weighted by Crippen LogP contribution is -2.10. The largest absolute Gasteiger partial charge is 0.427 e. The Balaban J connectivity index is 1.90. The van der Waals surface area contributed by atoms with E-state index in [1.54, 1.807) is 24.3 Å². The second-order valence-electron chi connectivity index (χ2n) is 5.45. The quantitative estimate of drug-likeness (QED) is 0.680. The molecule has 1 N–H and O–H groups in total. The summed E-state index contributed by atoms with van der Waals surface area (Å²) in [6.45, 7) is 5.37. The topological polar surface area (TPSA) is 73.2 Å². The molecule has 0 unspecified atom stereocenters. The number of amides is 1. The molecular formula is C17H21N3O3. The molecule has 0 saturated heterocycles. The summed E-state index contributed by atoms with van der Waals surface area (Å²) in [6.07, 6.45) is 0.898. The molecule has 0 fully saturated rings. The van der Waals surface area contributed by atoms with E-state index in [-0.39, 0.29) is 11.9 Å². The minimum Gasteiger partial charge on any atom is -0.427 e. The first kappa shape index (κ1) is 16.7. The van der Waals surface area contributed by atoms with Crippen LogP contribution in [-0.2, 0) is 23.1 Å². The molecular weight excluding hydrogens is 294 g/mol. The Morgan fingerprint density at radius 2 is 1.87 bits per heavy atom. The minimum atomic E-state index is -0.292. The highest BCUT2D eigenvalue weighted by Gasteiger charge is 2.12. The zero-order valence-corrected chi connectivity index (χ0v) is 13.8. The normalized spacial score (nSPS) is 10.4. The molecule has 23 heavy (non-hydrogen) atoms. The number of hydrogen-bond acceptors (Lipinski definition) is 4. The average molecular weight is 315 g/mol. The fourth-order valence-corrected chi connectivity index (χ4v) is 2.40. The van der Waals surface area contributed by atoms with Crippen molar-refractivity contribution < 1.29 is 14.3 Å². The van der Waals surface area contributed by atoms with Gasteiger partial charge in [0.2, 0.25) is 5.91 Å². The molecule has 6 heteroatoms. The number of nitrogens with one attached hydrogen (secondary N) is 1. The van der Waals surface area contributed by atoms with Crippen LogP contribution in [0.4, 0.5) is 5.69 Å². The Hall–Kier alpha value is -2.63. The van der Waals surface area contributed by atoms with Gasteiger partial charge in [0.25, 0.3) is 0 Å². The number of aromatic nitrogens is 2. The summed E-state index contributed by atoms with van der Waals surface area (Å²) in [4.78, 5) is 22.9. The monoisotopic (exact) mass is 315 g/mol. The van der Waals surface area contributed by atoms with Crippen molar-refractivity contribution in [3.63, 3.8) is 0 Å². The van der Waals surface area contributed by atoms with Crippen LogP contribution in [0.25, 0.3) is 0 Å². The maximum atomic E-state index is 12.0.